The van der Waals surface area contributed by atoms with Crippen molar-refractivity contribution in [3.63, 3.8) is 0 Å². The maximum atomic E-state index is 12.4. The van der Waals surface area contributed by atoms with E-state index in [0.717, 1.165) is 48.9 Å². The Bertz CT molecular complexity index is 1050. The molecular weight excluding hydrogens is 434 g/mol. The minimum absolute atomic E-state index is 0.164. The van der Waals surface area contributed by atoms with Gasteiger partial charge in [-0.25, -0.2) is 0 Å². The van der Waals surface area contributed by atoms with Crippen molar-refractivity contribution in [2.45, 2.75) is 12.6 Å². The van der Waals surface area contributed by atoms with E-state index in [0.29, 0.717) is 0 Å². The number of piperazine rings is 1. The lowest BCUT2D eigenvalue weighted by molar-refractivity contribution is -0.139. The minimum atomic E-state index is -0.675. The number of carbonyl (C=O) groups is 2. The Balaban J connectivity index is 1.31. The number of benzene rings is 1. The van der Waals surface area contributed by atoms with E-state index in [1.165, 1.54) is 0 Å². The van der Waals surface area contributed by atoms with Gasteiger partial charge in [-0.15, -0.1) is 0 Å². The van der Waals surface area contributed by atoms with Gasteiger partial charge in [-0.05, 0) is 48.0 Å². The van der Waals surface area contributed by atoms with E-state index in [-0.39, 0.29) is 19.1 Å². The molecule has 34 heavy (non-hydrogen) atoms. The quantitative estimate of drug-likeness (QED) is 0.493. The molecule has 2 aromatic heterocycles. The zero-order chi connectivity index (χ0) is 23.8. The summed E-state index contributed by atoms with van der Waals surface area (Å²) < 4.78 is 10.9. The summed E-state index contributed by atoms with van der Waals surface area (Å²) in [6.45, 7) is 3.78. The first-order valence-electron chi connectivity index (χ1n) is 11.3. The van der Waals surface area contributed by atoms with E-state index in [9.17, 15) is 9.59 Å². The fourth-order valence-electron chi connectivity index (χ4n) is 4.01. The molecule has 0 aliphatic carbocycles. The zero-order valence-corrected chi connectivity index (χ0v) is 19.1. The molecule has 0 saturated carbocycles. The van der Waals surface area contributed by atoms with Crippen LogP contribution in [-0.2, 0) is 16.1 Å². The number of methoxy groups -OCH3 is 1. The highest BCUT2D eigenvalue weighted by molar-refractivity contribution is 6.35. The van der Waals surface area contributed by atoms with Gasteiger partial charge in [0.2, 0.25) is 0 Å². The molecule has 0 spiro atoms. The average molecular weight is 464 g/mol. The highest BCUT2D eigenvalue weighted by Crippen LogP contribution is 2.25. The van der Waals surface area contributed by atoms with Gasteiger partial charge in [0.25, 0.3) is 0 Å². The van der Waals surface area contributed by atoms with Crippen LogP contribution in [-0.4, -0.2) is 61.5 Å². The van der Waals surface area contributed by atoms with Crippen LogP contribution in [0, 0.1) is 0 Å². The number of pyridine rings is 1. The van der Waals surface area contributed by atoms with E-state index in [1.807, 2.05) is 30.3 Å². The van der Waals surface area contributed by atoms with Gasteiger partial charge < -0.3 is 24.7 Å². The molecule has 1 aliphatic heterocycles. The van der Waals surface area contributed by atoms with Crippen LogP contribution in [0.3, 0.4) is 0 Å². The van der Waals surface area contributed by atoms with E-state index in [1.54, 1.807) is 31.8 Å². The summed E-state index contributed by atoms with van der Waals surface area (Å²) in [6, 6.07) is 15.2. The van der Waals surface area contributed by atoms with Crippen molar-refractivity contribution in [2.24, 2.45) is 0 Å². The number of furan rings is 1. The topological polar surface area (TPSA) is 99.9 Å². The van der Waals surface area contributed by atoms with E-state index >= 15 is 0 Å². The van der Waals surface area contributed by atoms with Crippen molar-refractivity contribution < 1.29 is 18.7 Å². The van der Waals surface area contributed by atoms with Crippen molar-refractivity contribution in [2.75, 3.05) is 44.7 Å². The monoisotopic (exact) mass is 463 g/mol. The standard InChI is InChI=1S/C25H29N5O4/c1-33-21-8-6-20(7-9-21)29-11-13-30(14-12-29)22(23-5-3-15-34-23)18-28-25(32)24(31)27-17-19-4-2-10-26-16-19/h2-10,15-16,22H,11-14,17-18H2,1H3,(H,27,31)(H,28,32)/t22-/m0/s1. The molecule has 1 fully saturated rings. The molecular formula is C25H29N5O4. The summed E-state index contributed by atoms with van der Waals surface area (Å²) in [7, 11) is 1.66. The van der Waals surface area contributed by atoms with Crippen LogP contribution in [0.25, 0.3) is 0 Å². The second-order valence-corrected chi connectivity index (χ2v) is 8.01. The largest absolute Gasteiger partial charge is 0.497 e. The van der Waals surface area contributed by atoms with Crippen LogP contribution >= 0.6 is 0 Å². The first-order valence-corrected chi connectivity index (χ1v) is 11.3. The summed E-state index contributed by atoms with van der Waals surface area (Å²) in [5, 5.41) is 5.39. The summed E-state index contributed by atoms with van der Waals surface area (Å²) in [5.41, 5.74) is 1.97. The Morgan fingerprint density at radius 3 is 2.44 bits per heavy atom. The molecule has 0 radical (unpaired) electrons. The predicted molar refractivity (Wildman–Crippen MR) is 127 cm³/mol. The number of ether oxygens (including phenoxy) is 1. The van der Waals surface area contributed by atoms with Gasteiger partial charge >= 0.3 is 11.8 Å². The van der Waals surface area contributed by atoms with E-state index in [2.05, 4.69) is 37.6 Å². The fraction of sp³-hybridized carbons (Fsp3) is 0.320. The third-order valence-electron chi connectivity index (χ3n) is 5.90. The summed E-state index contributed by atoms with van der Waals surface area (Å²) in [4.78, 5) is 33.2. The molecule has 0 bridgehead atoms. The maximum Gasteiger partial charge on any atom is 0.309 e. The van der Waals surface area contributed by atoms with Gasteiger partial charge in [0.15, 0.2) is 0 Å². The van der Waals surface area contributed by atoms with Gasteiger partial charge in [0, 0.05) is 57.3 Å². The molecule has 3 aromatic rings. The first-order chi connectivity index (χ1) is 16.6. The van der Waals surface area contributed by atoms with Crippen LogP contribution in [0.5, 0.6) is 5.75 Å². The molecule has 9 heteroatoms. The Morgan fingerprint density at radius 2 is 1.79 bits per heavy atom. The summed E-state index contributed by atoms with van der Waals surface area (Å²) in [5.74, 6) is 0.248. The number of anilines is 1. The molecule has 2 amide bonds. The molecule has 1 aliphatic rings. The third-order valence-corrected chi connectivity index (χ3v) is 5.90. The number of rotatable bonds is 8. The van der Waals surface area contributed by atoms with Crippen molar-refractivity contribution in [1.29, 1.82) is 0 Å². The van der Waals surface area contributed by atoms with Gasteiger partial charge in [-0.3, -0.25) is 19.5 Å². The van der Waals surface area contributed by atoms with Crippen LogP contribution in [0.4, 0.5) is 5.69 Å². The van der Waals surface area contributed by atoms with E-state index in [4.69, 9.17) is 9.15 Å². The van der Waals surface area contributed by atoms with Crippen LogP contribution in [0.15, 0.2) is 71.6 Å². The minimum Gasteiger partial charge on any atom is -0.497 e. The molecule has 1 saturated heterocycles. The van der Waals surface area contributed by atoms with Crippen molar-refractivity contribution >= 4 is 17.5 Å². The Morgan fingerprint density at radius 1 is 1.03 bits per heavy atom. The van der Waals surface area contributed by atoms with Gasteiger partial charge in [0.05, 0.1) is 19.4 Å². The molecule has 4 rings (SSSR count). The SMILES string of the molecule is COc1ccc(N2CCN([C@@H](CNC(=O)C(=O)NCc3cccnc3)c3ccco3)CC2)cc1. The predicted octanol–water partition coefficient (Wildman–Crippen LogP) is 1.98. The number of carbonyl (C=O) groups excluding carboxylic acids is 2. The highest BCUT2D eigenvalue weighted by atomic mass is 16.5. The third kappa shape index (κ3) is 5.93. The smallest absolute Gasteiger partial charge is 0.309 e. The Kier molecular flexibility index (Phi) is 7.77. The molecule has 0 unspecified atom stereocenters. The summed E-state index contributed by atoms with van der Waals surface area (Å²) in [6.07, 6.45) is 4.93. The number of amides is 2. The number of hydrogen-bond donors (Lipinski definition) is 2. The highest BCUT2D eigenvalue weighted by Gasteiger charge is 2.28. The van der Waals surface area contributed by atoms with Gasteiger partial charge in [-0.1, -0.05) is 6.07 Å². The number of nitrogens with one attached hydrogen (secondary N) is 2. The zero-order valence-electron chi connectivity index (χ0n) is 19.1. The maximum absolute atomic E-state index is 12.4. The number of aromatic nitrogens is 1. The molecule has 1 aromatic carbocycles. The molecule has 1 atom stereocenters. The van der Waals surface area contributed by atoms with Crippen LogP contribution in [0.1, 0.15) is 17.4 Å². The van der Waals surface area contributed by atoms with Gasteiger partial charge in [-0.2, -0.15) is 0 Å². The lowest BCUT2D eigenvalue weighted by atomic mass is 10.1. The first kappa shape index (κ1) is 23.3. The Hall–Kier alpha value is -3.85. The average Bonchev–Trinajstić information content (AvgIpc) is 3.43. The molecule has 3 heterocycles. The Labute approximate surface area is 198 Å². The fourth-order valence-corrected chi connectivity index (χ4v) is 4.01. The van der Waals surface area contributed by atoms with Crippen LogP contribution in [0.2, 0.25) is 0 Å². The van der Waals surface area contributed by atoms with Crippen LogP contribution < -0.4 is 20.3 Å². The lowest BCUT2D eigenvalue weighted by Crippen LogP contribution is -2.50. The van der Waals surface area contributed by atoms with Crippen molar-refractivity contribution in [3.05, 3.63) is 78.5 Å². The second-order valence-electron chi connectivity index (χ2n) is 8.01. The van der Waals surface area contributed by atoms with Gasteiger partial charge in [0.1, 0.15) is 11.5 Å². The van der Waals surface area contributed by atoms with E-state index < -0.39 is 11.8 Å². The lowest BCUT2D eigenvalue weighted by Gasteiger charge is -2.39. The molecule has 9 nitrogen and oxygen atoms in total. The molecule has 2 N–H and O–H groups in total. The number of nitrogens with zero attached hydrogens (tertiary/aromatic N) is 3. The second kappa shape index (κ2) is 11.3. The number of hydrogen-bond acceptors (Lipinski definition) is 7. The molecule has 178 valence electrons. The van der Waals surface area contributed by atoms with Crippen molar-refractivity contribution in [3.8, 4) is 5.75 Å². The van der Waals surface area contributed by atoms with Crippen molar-refractivity contribution in [1.82, 2.24) is 20.5 Å². The summed E-state index contributed by atoms with van der Waals surface area (Å²) >= 11 is 0. The normalized spacial score (nSPS) is 14.9.